The number of aryl methyl sites for hydroxylation is 2. The molecule has 0 unspecified atom stereocenters. The Hall–Kier alpha value is -3.02. The normalized spacial score (nSPS) is 15.4. The molecule has 140 valence electrons. The molecule has 0 radical (unpaired) electrons. The van der Waals surface area contributed by atoms with Gasteiger partial charge in [0.15, 0.2) is 6.61 Å². The molecule has 2 aromatic carbocycles. The second kappa shape index (κ2) is 7.31. The zero-order valence-corrected chi connectivity index (χ0v) is 15.3. The summed E-state index contributed by atoms with van der Waals surface area (Å²) in [7, 11) is 1.64. The Morgan fingerprint density at radius 2 is 1.89 bits per heavy atom. The third kappa shape index (κ3) is 3.60. The van der Waals surface area contributed by atoms with E-state index in [-0.39, 0.29) is 18.4 Å². The minimum Gasteiger partial charge on any atom is -0.497 e. The van der Waals surface area contributed by atoms with Gasteiger partial charge in [0.05, 0.1) is 7.11 Å². The van der Waals surface area contributed by atoms with E-state index >= 15 is 0 Å². The van der Waals surface area contributed by atoms with Crippen LogP contribution in [-0.4, -0.2) is 32.1 Å². The maximum Gasteiger partial charge on any atom is 0.264 e. The average Bonchev–Trinajstić information content (AvgIpc) is 2.71. The molecule has 2 amide bonds. The van der Waals surface area contributed by atoms with Crippen molar-refractivity contribution >= 4 is 23.2 Å². The van der Waals surface area contributed by atoms with Gasteiger partial charge in [-0.05, 0) is 66.8 Å². The van der Waals surface area contributed by atoms with Gasteiger partial charge in [0.1, 0.15) is 11.5 Å². The Morgan fingerprint density at radius 3 is 2.74 bits per heavy atom. The van der Waals surface area contributed by atoms with E-state index < -0.39 is 0 Å². The first-order valence-electron chi connectivity index (χ1n) is 9.17. The van der Waals surface area contributed by atoms with Crippen molar-refractivity contribution in [3.63, 3.8) is 0 Å². The number of carbonyl (C=O) groups is 2. The number of amides is 2. The van der Waals surface area contributed by atoms with E-state index in [0.717, 1.165) is 41.1 Å². The molecule has 0 atom stereocenters. The zero-order valence-electron chi connectivity index (χ0n) is 15.3. The predicted molar refractivity (Wildman–Crippen MR) is 103 cm³/mol. The maximum absolute atomic E-state index is 12.7. The van der Waals surface area contributed by atoms with Crippen LogP contribution in [0, 0.1) is 0 Å². The van der Waals surface area contributed by atoms with Gasteiger partial charge in [-0.25, -0.2) is 0 Å². The summed E-state index contributed by atoms with van der Waals surface area (Å²) in [6.45, 7) is 0.675. The van der Waals surface area contributed by atoms with Crippen LogP contribution in [0.5, 0.6) is 11.5 Å². The molecule has 2 aromatic rings. The predicted octanol–water partition coefficient (Wildman–Crippen LogP) is 2.94. The maximum atomic E-state index is 12.7. The Labute approximate surface area is 158 Å². The lowest BCUT2D eigenvalue weighted by Crippen LogP contribution is -2.38. The molecule has 0 bridgehead atoms. The fourth-order valence-electron chi connectivity index (χ4n) is 3.63. The largest absolute Gasteiger partial charge is 0.497 e. The molecule has 0 aromatic heterocycles. The molecule has 6 nitrogen and oxygen atoms in total. The summed E-state index contributed by atoms with van der Waals surface area (Å²) in [5, 5.41) is 2.84. The summed E-state index contributed by atoms with van der Waals surface area (Å²) in [4.78, 5) is 26.0. The van der Waals surface area contributed by atoms with Gasteiger partial charge in [0.2, 0.25) is 5.91 Å². The smallest absolute Gasteiger partial charge is 0.264 e. The van der Waals surface area contributed by atoms with Gasteiger partial charge in [-0.15, -0.1) is 0 Å². The second-order valence-corrected chi connectivity index (χ2v) is 6.80. The lowest BCUT2D eigenvalue weighted by atomic mass is 10.0. The van der Waals surface area contributed by atoms with Crippen molar-refractivity contribution in [1.29, 1.82) is 0 Å². The molecule has 0 spiro atoms. The highest BCUT2D eigenvalue weighted by atomic mass is 16.5. The van der Waals surface area contributed by atoms with Gasteiger partial charge < -0.3 is 19.7 Å². The van der Waals surface area contributed by atoms with Crippen molar-refractivity contribution in [2.24, 2.45) is 0 Å². The zero-order chi connectivity index (χ0) is 18.8. The number of nitrogens with one attached hydrogen (secondary N) is 1. The first kappa shape index (κ1) is 17.4. The molecule has 2 heterocycles. The fraction of sp³-hybridized carbons (Fsp3) is 0.333. The van der Waals surface area contributed by atoms with Crippen LogP contribution in [0.25, 0.3) is 0 Å². The summed E-state index contributed by atoms with van der Waals surface area (Å²) in [5.41, 5.74) is 3.92. The molecule has 0 saturated heterocycles. The van der Waals surface area contributed by atoms with E-state index in [9.17, 15) is 9.59 Å². The molecule has 6 heteroatoms. The van der Waals surface area contributed by atoms with Crippen molar-refractivity contribution in [3.8, 4) is 11.5 Å². The summed E-state index contributed by atoms with van der Waals surface area (Å²) in [6, 6.07) is 11.3. The molecule has 0 saturated carbocycles. The van der Waals surface area contributed by atoms with Gasteiger partial charge in [-0.1, -0.05) is 0 Å². The number of carbonyl (C=O) groups excluding carboxylic acids is 2. The van der Waals surface area contributed by atoms with Gasteiger partial charge in [-0.2, -0.15) is 0 Å². The van der Waals surface area contributed by atoms with Crippen molar-refractivity contribution in [3.05, 3.63) is 47.5 Å². The number of hydrogen-bond donors (Lipinski definition) is 1. The van der Waals surface area contributed by atoms with Crippen LogP contribution in [-0.2, 0) is 22.4 Å². The number of rotatable bonds is 4. The first-order chi connectivity index (χ1) is 13.1. The number of anilines is 2. The lowest BCUT2D eigenvalue weighted by molar-refractivity contribution is -0.120. The Morgan fingerprint density at radius 1 is 1.07 bits per heavy atom. The Balaban J connectivity index is 1.44. The van der Waals surface area contributed by atoms with Crippen molar-refractivity contribution in [2.45, 2.75) is 25.7 Å². The van der Waals surface area contributed by atoms with E-state index in [4.69, 9.17) is 9.47 Å². The highest BCUT2D eigenvalue weighted by molar-refractivity contribution is 5.96. The summed E-state index contributed by atoms with van der Waals surface area (Å²) in [6.07, 6.45) is 3.02. The minimum atomic E-state index is -0.0628. The summed E-state index contributed by atoms with van der Waals surface area (Å²) < 4.78 is 11.0. The molecule has 0 fully saturated rings. The summed E-state index contributed by atoms with van der Waals surface area (Å²) >= 11 is 0. The molecule has 2 aliphatic heterocycles. The van der Waals surface area contributed by atoms with Gasteiger partial charge in [-0.3, -0.25) is 9.59 Å². The standard InChI is InChI=1S/C21H22N2O4/c1-26-16-6-8-19-15(12-16)3-2-10-23(19)21(25)13-27-17-5-7-18-14(11-17)4-9-20(24)22-18/h5-8,11-12H,2-4,9-10,13H2,1H3,(H,22,24). The fourth-order valence-corrected chi connectivity index (χ4v) is 3.63. The van der Waals surface area contributed by atoms with Crippen LogP contribution in [0.1, 0.15) is 24.0 Å². The topological polar surface area (TPSA) is 67.9 Å². The van der Waals surface area contributed by atoms with Crippen LogP contribution < -0.4 is 19.7 Å². The van der Waals surface area contributed by atoms with Gasteiger partial charge in [0, 0.05) is 24.3 Å². The highest BCUT2D eigenvalue weighted by Gasteiger charge is 2.23. The third-order valence-corrected chi connectivity index (χ3v) is 5.04. The van der Waals surface area contributed by atoms with Crippen molar-refractivity contribution < 1.29 is 19.1 Å². The Bertz CT molecular complexity index is 894. The molecular weight excluding hydrogens is 344 g/mol. The second-order valence-electron chi connectivity index (χ2n) is 6.80. The number of fused-ring (bicyclic) bond motifs is 2. The van der Waals surface area contributed by atoms with Crippen LogP contribution >= 0.6 is 0 Å². The molecule has 0 aliphatic carbocycles. The van der Waals surface area contributed by atoms with Gasteiger partial charge in [0.25, 0.3) is 5.91 Å². The highest BCUT2D eigenvalue weighted by Crippen LogP contribution is 2.31. The van der Waals surface area contributed by atoms with Crippen molar-refractivity contribution in [2.75, 3.05) is 30.5 Å². The van der Waals surface area contributed by atoms with E-state index in [0.29, 0.717) is 25.1 Å². The quantitative estimate of drug-likeness (QED) is 0.903. The number of nitrogens with zero attached hydrogens (tertiary/aromatic N) is 1. The molecule has 4 rings (SSSR count). The molecular formula is C21H22N2O4. The Kier molecular flexibility index (Phi) is 4.71. The number of methoxy groups -OCH3 is 1. The molecule has 27 heavy (non-hydrogen) atoms. The van der Waals surface area contributed by atoms with Crippen LogP contribution in [0.15, 0.2) is 36.4 Å². The number of ether oxygens (including phenoxy) is 2. The number of benzene rings is 2. The monoisotopic (exact) mass is 366 g/mol. The first-order valence-corrected chi connectivity index (χ1v) is 9.17. The minimum absolute atomic E-state index is 0.0172. The van der Waals surface area contributed by atoms with E-state index in [2.05, 4.69) is 5.32 Å². The number of hydrogen-bond acceptors (Lipinski definition) is 4. The lowest BCUT2D eigenvalue weighted by Gasteiger charge is -2.29. The summed E-state index contributed by atoms with van der Waals surface area (Å²) in [5.74, 6) is 1.42. The van der Waals surface area contributed by atoms with Gasteiger partial charge >= 0.3 is 0 Å². The molecule has 1 N–H and O–H groups in total. The molecule has 2 aliphatic rings. The SMILES string of the molecule is COc1ccc2c(c1)CCCN2C(=O)COc1ccc2c(c1)CCC(=O)N2. The van der Waals surface area contributed by atoms with Crippen LogP contribution in [0.3, 0.4) is 0 Å². The van der Waals surface area contributed by atoms with Crippen molar-refractivity contribution in [1.82, 2.24) is 0 Å². The average molecular weight is 366 g/mol. The van der Waals surface area contributed by atoms with Crippen LogP contribution in [0.4, 0.5) is 11.4 Å². The van der Waals surface area contributed by atoms with E-state index in [1.165, 1.54) is 0 Å². The third-order valence-electron chi connectivity index (χ3n) is 5.04. The van der Waals surface area contributed by atoms with E-state index in [1.54, 1.807) is 18.1 Å². The van der Waals surface area contributed by atoms with E-state index in [1.807, 2.05) is 30.3 Å². The van der Waals surface area contributed by atoms with Crippen LogP contribution in [0.2, 0.25) is 0 Å².